The van der Waals surface area contributed by atoms with E-state index < -0.39 is 11.8 Å². The Morgan fingerprint density at radius 2 is 1.72 bits per heavy atom. The van der Waals surface area contributed by atoms with Crippen molar-refractivity contribution >= 4 is 34.9 Å². The van der Waals surface area contributed by atoms with Crippen LogP contribution in [0.3, 0.4) is 0 Å². The van der Waals surface area contributed by atoms with Gasteiger partial charge in [-0.3, -0.25) is 14.4 Å². The molecule has 3 N–H and O–H groups in total. The maximum atomic E-state index is 12.3. The van der Waals surface area contributed by atoms with Gasteiger partial charge in [-0.25, -0.2) is 4.68 Å². The summed E-state index contributed by atoms with van der Waals surface area (Å²) in [6, 6.07) is 14.5. The average Bonchev–Trinajstić information content (AvgIpc) is 3.23. The van der Waals surface area contributed by atoms with Crippen LogP contribution in [0.2, 0.25) is 0 Å². The number of nitrogens with one attached hydrogen (secondary N) is 3. The fraction of sp³-hybridized carbons (Fsp3) is 0.143. The molecule has 0 saturated heterocycles. The predicted octanol–water partition coefficient (Wildman–Crippen LogP) is 2.56. The van der Waals surface area contributed by atoms with Crippen molar-refractivity contribution in [2.45, 2.75) is 20.3 Å². The molecule has 2 heterocycles. The highest BCUT2D eigenvalue weighted by atomic mass is 16.2. The van der Waals surface area contributed by atoms with Crippen LogP contribution in [0.5, 0.6) is 0 Å². The third-order valence-corrected chi connectivity index (χ3v) is 4.60. The molecule has 3 amide bonds. The first-order valence-electron chi connectivity index (χ1n) is 9.08. The van der Waals surface area contributed by atoms with Crippen LogP contribution in [0.15, 0.2) is 48.5 Å². The van der Waals surface area contributed by atoms with Crippen LogP contribution in [-0.4, -0.2) is 27.5 Å². The largest absolute Gasteiger partial charge is 0.326 e. The van der Waals surface area contributed by atoms with E-state index in [1.807, 2.05) is 38.1 Å². The number of carbonyl (C=O) groups excluding carboxylic acids is 3. The fourth-order valence-corrected chi connectivity index (χ4v) is 3.15. The topological polar surface area (TPSA) is 105 Å². The number of amides is 3. The van der Waals surface area contributed by atoms with Gasteiger partial charge < -0.3 is 16.0 Å². The molecular formula is C21H19N5O3. The molecule has 29 heavy (non-hydrogen) atoms. The first kappa shape index (κ1) is 18.4. The summed E-state index contributed by atoms with van der Waals surface area (Å²) in [6.07, 6.45) is 0.251. The molecule has 0 fully saturated rings. The highest BCUT2D eigenvalue weighted by molar-refractivity contribution is 6.43. The first-order chi connectivity index (χ1) is 13.9. The van der Waals surface area contributed by atoms with Gasteiger partial charge in [-0.15, -0.1) is 5.10 Å². The minimum absolute atomic E-state index is 0.0965. The molecule has 0 atom stereocenters. The third kappa shape index (κ3) is 3.86. The van der Waals surface area contributed by atoms with E-state index >= 15 is 0 Å². The normalized spacial score (nSPS) is 12.3. The maximum absolute atomic E-state index is 12.3. The highest BCUT2D eigenvalue weighted by Crippen LogP contribution is 2.26. The first-order valence-corrected chi connectivity index (χ1v) is 9.08. The number of aromatic nitrogens is 2. The fourth-order valence-electron chi connectivity index (χ4n) is 3.15. The Morgan fingerprint density at radius 1 is 1.00 bits per heavy atom. The van der Waals surface area contributed by atoms with Crippen molar-refractivity contribution < 1.29 is 14.4 Å². The molecule has 1 aromatic heterocycles. The molecule has 0 spiro atoms. The summed E-state index contributed by atoms with van der Waals surface area (Å²) < 4.78 is 1.69. The van der Waals surface area contributed by atoms with Crippen LogP contribution in [-0.2, 0) is 20.8 Å². The van der Waals surface area contributed by atoms with Crippen molar-refractivity contribution in [1.82, 2.24) is 9.78 Å². The van der Waals surface area contributed by atoms with E-state index in [9.17, 15) is 14.4 Å². The summed E-state index contributed by atoms with van der Waals surface area (Å²) in [5.74, 6) is -1.45. The van der Waals surface area contributed by atoms with Crippen molar-refractivity contribution in [3.63, 3.8) is 0 Å². The van der Waals surface area contributed by atoms with Crippen LogP contribution in [0.1, 0.15) is 16.8 Å². The van der Waals surface area contributed by atoms with Crippen LogP contribution in [0.4, 0.5) is 17.2 Å². The Kier molecular flexibility index (Phi) is 4.59. The molecule has 8 heteroatoms. The second-order valence-corrected chi connectivity index (χ2v) is 6.92. The molecule has 3 aromatic rings. The zero-order valence-electron chi connectivity index (χ0n) is 15.9. The van der Waals surface area contributed by atoms with Crippen molar-refractivity contribution in [3.8, 4) is 5.69 Å². The van der Waals surface area contributed by atoms with Crippen LogP contribution < -0.4 is 16.0 Å². The lowest BCUT2D eigenvalue weighted by molar-refractivity contribution is -0.133. The van der Waals surface area contributed by atoms with Crippen molar-refractivity contribution in [1.29, 1.82) is 0 Å². The van der Waals surface area contributed by atoms with Crippen molar-refractivity contribution in [2.24, 2.45) is 0 Å². The van der Waals surface area contributed by atoms with Gasteiger partial charge in [0, 0.05) is 23.1 Å². The second-order valence-electron chi connectivity index (χ2n) is 6.92. The van der Waals surface area contributed by atoms with Gasteiger partial charge in [-0.05, 0) is 49.7 Å². The minimum atomic E-state index is -0.826. The molecule has 0 bridgehead atoms. The summed E-state index contributed by atoms with van der Waals surface area (Å²) >= 11 is 0. The number of rotatable bonds is 3. The summed E-state index contributed by atoms with van der Waals surface area (Å²) in [5, 5.41) is 12.1. The van der Waals surface area contributed by atoms with Gasteiger partial charge >= 0.3 is 11.8 Å². The molecule has 0 unspecified atom stereocenters. The Labute approximate surface area is 166 Å². The Morgan fingerprint density at radius 3 is 2.48 bits per heavy atom. The molecule has 1 aliphatic heterocycles. The number of fused-ring (bicyclic) bond motifs is 1. The SMILES string of the molecule is Cc1ccc(-n2nc(NC(=O)C(=O)Nc3ccc4c(c3)CC(=O)N4)cc2C)cc1. The highest BCUT2D eigenvalue weighted by Gasteiger charge is 2.20. The van der Waals surface area contributed by atoms with Gasteiger partial charge in [0.25, 0.3) is 0 Å². The summed E-state index contributed by atoms with van der Waals surface area (Å²) in [4.78, 5) is 35.9. The van der Waals surface area contributed by atoms with Gasteiger partial charge in [-0.2, -0.15) is 0 Å². The van der Waals surface area contributed by atoms with Gasteiger partial charge in [0.15, 0.2) is 5.82 Å². The van der Waals surface area contributed by atoms with Gasteiger partial charge in [0.05, 0.1) is 12.1 Å². The van der Waals surface area contributed by atoms with Gasteiger partial charge in [0.2, 0.25) is 5.91 Å². The van der Waals surface area contributed by atoms with Crippen LogP contribution in [0, 0.1) is 13.8 Å². The lowest BCUT2D eigenvalue weighted by Crippen LogP contribution is -2.29. The molecular weight excluding hydrogens is 370 g/mol. The number of benzene rings is 2. The van der Waals surface area contributed by atoms with Crippen molar-refractivity contribution in [3.05, 3.63) is 65.4 Å². The Balaban J connectivity index is 1.44. The molecule has 0 saturated carbocycles. The standard InChI is InChI=1S/C21H19N5O3/c1-12-3-6-16(7-4-12)26-13(2)9-18(25-26)24-21(29)20(28)22-15-5-8-17-14(10-15)11-19(27)23-17/h3-10H,11H2,1-2H3,(H,22,28)(H,23,27)(H,24,25,29). The molecule has 0 radical (unpaired) electrons. The van der Waals surface area contributed by atoms with E-state index in [2.05, 4.69) is 21.0 Å². The Bertz CT molecular complexity index is 1130. The number of hydrogen-bond acceptors (Lipinski definition) is 4. The van der Waals surface area contributed by atoms with E-state index in [0.29, 0.717) is 5.69 Å². The minimum Gasteiger partial charge on any atom is -0.326 e. The molecule has 1 aliphatic rings. The molecule has 0 aliphatic carbocycles. The van der Waals surface area contributed by atoms with Gasteiger partial charge in [-0.1, -0.05) is 17.7 Å². The smallest absolute Gasteiger partial charge is 0.315 e. The molecule has 8 nitrogen and oxygen atoms in total. The van der Waals surface area contributed by atoms with E-state index in [1.165, 1.54) is 0 Å². The number of aryl methyl sites for hydroxylation is 2. The van der Waals surface area contributed by atoms with Gasteiger partial charge in [0.1, 0.15) is 0 Å². The van der Waals surface area contributed by atoms with Crippen LogP contribution in [0.25, 0.3) is 5.69 Å². The maximum Gasteiger partial charge on any atom is 0.315 e. The average molecular weight is 389 g/mol. The van der Waals surface area contributed by atoms with Crippen LogP contribution >= 0.6 is 0 Å². The summed E-state index contributed by atoms with van der Waals surface area (Å²) in [7, 11) is 0. The van der Waals surface area contributed by atoms with Crippen molar-refractivity contribution in [2.75, 3.05) is 16.0 Å². The number of nitrogens with zero attached hydrogens (tertiary/aromatic N) is 2. The lowest BCUT2D eigenvalue weighted by Gasteiger charge is -2.07. The second kappa shape index (κ2) is 7.23. The quantitative estimate of drug-likeness (QED) is 0.599. The summed E-state index contributed by atoms with van der Waals surface area (Å²) in [6.45, 7) is 3.86. The number of carbonyl (C=O) groups is 3. The molecule has 2 aromatic carbocycles. The zero-order chi connectivity index (χ0) is 20.5. The van der Waals surface area contributed by atoms with E-state index in [-0.39, 0.29) is 18.1 Å². The Hall–Kier alpha value is -3.94. The number of hydrogen-bond donors (Lipinski definition) is 3. The molecule has 4 rings (SSSR count). The monoisotopic (exact) mass is 389 g/mol. The van der Waals surface area contributed by atoms with E-state index in [4.69, 9.17) is 0 Å². The predicted molar refractivity (Wildman–Crippen MR) is 109 cm³/mol. The van der Waals surface area contributed by atoms with E-state index in [0.717, 1.165) is 28.2 Å². The number of anilines is 3. The zero-order valence-corrected chi connectivity index (χ0v) is 15.9. The third-order valence-electron chi connectivity index (χ3n) is 4.60. The summed E-state index contributed by atoms with van der Waals surface area (Å²) in [5.41, 5.74) is 4.76. The molecule has 146 valence electrons. The van der Waals surface area contributed by atoms with E-state index in [1.54, 1.807) is 28.9 Å². The lowest BCUT2D eigenvalue weighted by atomic mass is 10.1.